The molecule has 0 atom stereocenters. The first-order chi connectivity index (χ1) is 16.7. The van der Waals surface area contributed by atoms with Crippen molar-refractivity contribution in [2.45, 2.75) is 11.6 Å². The van der Waals surface area contributed by atoms with Crippen LogP contribution in [-0.4, -0.2) is 41.1 Å². The maximum absolute atomic E-state index is 12.2. The summed E-state index contributed by atoms with van der Waals surface area (Å²) in [6.45, 7) is 0. The van der Waals surface area contributed by atoms with Gasteiger partial charge in [-0.15, -0.1) is 10.2 Å². The summed E-state index contributed by atoms with van der Waals surface area (Å²) in [5.41, 5.74) is 3.93. The summed E-state index contributed by atoms with van der Waals surface area (Å²) in [6.07, 6.45) is 0.334. The Kier molecular flexibility index (Phi) is 7.72. The standard InChI is InChI=1S/C26H24N4O3S/c1-32-21-12-8-18(9-13-21)24-25(19-10-14-22(33-2)15-11-19)29-30-26(28-24)34-17-16-23(31)27-20-6-4-3-5-7-20/h3-15H,16-17H2,1-2H3,(H,27,31). The third-order valence-corrected chi connectivity index (χ3v) is 5.85. The highest BCUT2D eigenvalue weighted by molar-refractivity contribution is 7.99. The molecule has 0 aliphatic heterocycles. The number of anilines is 1. The predicted octanol–water partition coefficient (Wildman–Crippen LogP) is 5.34. The lowest BCUT2D eigenvalue weighted by Gasteiger charge is -2.11. The van der Waals surface area contributed by atoms with E-state index >= 15 is 0 Å². The number of carbonyl (C=O) groups is 1. The van der Waals surface area contributed by atoms with Crippen molar-refractivity contribution in [3.05, 3.63) is 78.9 Å². The highest BCUT2D eigenvalue weighted by Crippen LogP contribution is 2.32. The van der Waals surface area contributed by atoms with Crippen LogP contribution in [0, 0.1) is 0 Å². The van der Waals surface area contributed by atoms with Crippen molar-refractivity contribution < 1.29 is 14.3 Å². The Labute approximate surface area is 202 Å². The van der Waals surface area contributed by atoms with Gasteiger partial charge in [-0.3, -0.25) is 4.79 Å². The summed E-state index contributed by atoms with van der Waals surface area (Å²) in [6, 6.07) is 24.7. The van der Waals surface area contributed by atoms with Gasteiger partial charge in [-0.1, -0.05) is 30.0 Å². The van der Waals surface area contributed by atoms with Crippen molar-refractivity contribution in [1.29, 1.82) is 0 Å². The number of amides is 1. The number of aromatic nitrogens is 3. The van der Waals surface area contributed by atoms with Gasteiger partial charge in [0.15, 0.2) is 0 Å². The molecule has 7 nitrogen and oxygen atoms in total. The van der Waals surface area contributed by atoms with E-state index in [4.69, 9.17) is 14.5 Å². The van der Waals surface area contributed by atoms with Crippen LogP contribution in [0.5, 0.6) is 11.5 Å². The molecule has 0 unspecified atom stereocenters. The van der Waals surface area contributed by atoms with Gasteiger partial charge in [0.1, 0.15) is 22.9 Å². The molecule has 0 radical (unpaired) electrons. The Bertz CT molecular complexity index is 1230. The fraction of sp³-hybridized carbons (Fsp3) is 0.154. The third kappa shape index (κ3) is 5.90. The average molecular weight is 473 g/mol. The summed E-state index contributed by atoms with van der Waals surface area (Å²) < 4.78 is 10.5. The lowest BCUT2D eigenvalue weighted by Crippen LogP contribution is -2.12. The minimum Gasteiger partial charge on any atom is -0.497 e. The van der Waals surface area contributed by atoms with E-state index in [1.54, 1.807) is 14.2 Å². The summed E-state index contributed by atoms with van der Waals surface area (Å²) in [5.74, 6) is 1.99. The van der Waals surface area contributed by atoms with E-state index in [0.29, 0.717) is 28.7 Å². The van der Waals surface area contributed by atoms with E-state index in [9.17, 15) is 4.79 Å². The molecule has 3 aromatic carbocycles. The number of methoxy groups -OCH3 is 2. The van der Waals surface area contributed by atoms with Crippen molar-refractivity contribution in [1.82, 2.24) is 15.2 Å². The van der Waals surface area contributed by atoms with Crippen LogP contribution in [0.4, 0.5) is 5.69 Å². The minimum absolute atomic E-state index is 0.0584. The van der Waals surface area contributed by atoms with Crippen LogP contribution >= 0.6 is 11.8 Å². The number of thioether (sulfide) groups is 1. The molecular formula is C26H24N4O3S. The van der Waals surface area contributed by atoms with Crippen LogP contribution in [0.3, 0.4) is 0 Å². The second kappa shape index (κ2) is 11.3. The van der Waals surface area contributed by atoms with E-state index in [0.717, 1.165) is 28.3 Å². The third-order valence-electron chi connectivity index (χ3n) is 5.01. The van der Waals surface area contributed by atoms with E-state index < -0.39 is 0 Å². The quantitative estimate of drug-likeness (QED) is 0.329. The Morgan fingerprint density at radius 1 is 0.794 bits per heavy atom. The molecule has 1 heterocycles. The van der Waals surface area contributed by atoms with Gasteiger partial charge in [0.25, 0.3) is 0 Å². The number of hydrogen-bond donors (Lipinski definition) is 1. The molecule has 4 aromatic rings. The fourth-order valence-corrected chi connectivity index (χ4v) is 3.97. The molecule has 0 saturated heterocycles. The van der Waals surface area contributed by atoms with Gasteiger partial charge in [0, 0.05) is 29.0 Å². The number of nitrogens with one attached hydrogen (secondary N) is 1. The van der Waals surface area contributed by atoms with Gasteiger partial charge < -0.3 is 14.8 Å². The van der Waals surface area contributed by atoms with Gasteiger partial charge in [0.05, 0.1) is 14.2 Å². The van der Waals surface area contributed by atoms with Crippen molar-refractivity contribution in [2.24, 2.45) is 0 Å². The van der Waals surface area contributed by atoms with E-state index in [-0.39, 0.29) is 5.91 Å². The van der Waals surface area contributed by atoms with Gasteiger partial charge in [-0.2, -0.15) is 0 Å². The molecule has 0 spiro atoms. The molecule has 34 heavy (non-hydrogen) atoms. The number of ether oxygens (including phenoxy) is 2. The summed E-state index contributed by atoms with van der Waals surface area (Å²) >= 11 is 1.40. The van der Waals surface area contributed by atoms with E-state index in [2.05, 4.69) is 15.5 Å². The first kappa shape index (κ1) is 23.3. The van der Waals surface area contributed by atoms with Crippen LogP contribution in [0.2, 0.25) is 0 Å². The highest BCUT2D eigenvalue weighted by Gasteiger charge is 2.15. The van der Waals surface area contributed by atoms with Crippen LogP contribution in [0.15, 0.2) is 84.0 Å². The topological polar surface area (TPSA) is 86.2 Å². The van der Waals surface area contributed by atoms with Crippen molar-refractivity contribution in [3.8, 4) is 34.0 Å². The van der Waals surface area contributed by atoms with Crippen LogP contribution in [-0.2, 0) is 4.79 Å². The Hall–Kier alpha value is -3.91. The number of benzene rings is 3. The molecule has 0 aliphatic carbocycles. The number of hydrogen-bond acceptors (Lipinski definition) is 7. The normalized spacial score (nSPS) is 10.5. The van der Waals surface area contributed by atoms with Crippen molar-refractivity contribution >= 4 is 23.4 Å². The van der Waals surface area contributed by atoms with E-state index in [1.807, 2.05) is 78.9 Å². The molecule has 0 bridgehead atoms. The molecule has 1 aromatic heterocycles. The summed E-state index contributed by atoms with van der Waals surface area (Å²) in [5, 5.41) is 12.2. The second-order valence-electron chi connectivity index (χ2n) is 7.26. The summed E-state index contributed by atoms with van der Waals surface area (Å²) in [4.78, 5) is 17.0. The van der Waals surface area contributed by atoms with Gasteiger partial charge in [-0.05, 0) is 60.7 Å². The zero-order valence-corrected chi connectivity index (χ0v) is 19.7. The second-order valence-corrected chi connectivity index (χ2v) is 8.32. The SMILES string of the molecule is COc1ccc(-c2nnc(SCCC(=O)Nc3ccccc3)nc2-c2ccc(OC)cc2)cc1. The number of carbonyl (C=O) groups excluding carboxylic acids is 1. The summed E-state index contributed by atoms with van der Waals surface area (Å²) in [7, 11) is 3.26. The monoisotopic (exact) mass is 472 g/mol. The molecule has 172 valence electrons. The maximum Gasteiger partial charge on any atom is 0.225 e. The van der Waals surface area contributed by atoms with Gasteiger partial charge in [-0.25, -0.2) is 4.98 Å². The molecule has 1 amide bonds. The molecule has 0 aliphatic rings. The van der Waals surface area contributed by atoms with Crippen LogP contribution < -0.4 is 14.8 Å². The molecular weight excluding hydrogens is 448 g/mol. The van der Waals surface area contributed by atoms with Gasteiger partial charge in [0.2, 0.25) is 11.1 Å². The van der Waals surface area contributed by atoms with Crippen molar-refractivity contribution in [3.63, 3.8) is 0 Å². The fourth-order valence-electron chi connectivity index (χ4n) is 3.25. The highest BCUT2D eigenvalue weighted by atomic mass is 32.2. The van der Waals surface area contributed by atoms with Crippen LogP contribution in [0.25, 0.3) is 22.5 Å². The van der Waals surface area contributed by atoms with Crippen molar-refractivity contribution in [2.75, 3.05) is 25.3 Å². The van der Waals surface area contributed by atoms with E-state index in [1.165, 1.54) is 11.8 Å². The largest absolute Gasteiger partial charge is 0.497 e. The molecule has 8 heteroatoms. The minimum atomic E-state index is -0.0584. The average Bonchev–Trinajstić information content (AvgIpc) is 2.89. The first-order valence-corrected chi connectivity index (χ1v) is 11.7. The maximum atomic E-state index is 12.2. The smallest absolute Gasteiger partial charge is 0.225 e. The molecule has 1 N–H and O–H groups in total. The Morgan fingerprint density at radius 3 is 1.97 bits per heavy atom. The number of para-hydroxylation sites is 1. The zero-order valence-electron chi connectivity index (χ0n) is 18.9. The molecule has 0 saturated carbocycles. The zero-order chi connectivity index (χ0) is 23.8. The van der Waals surface area contributed by atoms with Gasteiger partial charge >= 0.3 is 0 Å². The Balaban J connectivity index is 1.53. The molecule has 0 fully saturated rings. The number of rotatable bonds is 9. The lowest BCUT2D eigenvalue weighted by molar-refractivity contribution is -0.115. The molecule has 4 rings (SSSR count). The van der Waals surface area contributed by atoms with Crippen LogP contribution in [0.1, 0.15) is 6.42 Å². The number of nitrogens with zero attached hydrogens (tertiary/aromatic N) is 3. The Morgan fingerprint density at radius 2 is 1.38 bits per heavy atom. The first-order valence-electron chi connectivity index (χ1n) is 10.7. The lowest BCUT2D eigenvalue weighted by atomic mass is 10.0. The predicted molar refractivity (Wildman–Crippen MR) is 134 cm³/mol.